The third-order valence-corrected chi connectivity index (χ3v) is 4.06. The molecule has 0 bridgehead atoms. The molecule has 2 unspecified atom stereocenters. The Morgan fingerprint density at radius 3 is 1.54 bits per heavy atom. The van der Waals surface area contributed by atoms with Gasteiger partial charge in [0.05, 0.1) is 23.3 Å². The van der Waals surface area contributed by atoms with Crippen molar-refractivity contribution in [2.24, 2.45) is 0 Å². The van der Waals surface area contributed by atoms with Crippen LogP contribution in [0.3, 0.4) is 0 Å². The first-order chi connectivity index (χ1) is 12.1. The minimum Gasteiger partial charge on any atom is -0.507 e. The maximum absolute atomic E-state index is 10.2. The fourth-order valence-electron chi connectivity index (χ4n) is 2.55. The van der Waals surface area contributed by atoms with E-state index in [4.69, 9.17) is 0 Å². The number of aryl methyl sites for hydroxylation is 1. The number of hydrogen-bond donors (Lipinski definition) is 9. The molecule has 142 valence electrons. The Morgan fingerprint density at radius 2 is 1.12 bits per heavy atom. The van der Waals surface area contributed by atoms with Crippen molar-refractivity contribution in [2.45, 2.75) is 32.0 Å². The highest BCUT2D eigenvalue weighted by Crippen LogP contribution is 2.57. The number of rotatable bonds is 5. The molecular weight excluding hydrogens is 348 g/mol. The average molecular weight is 368 g/mol. The van der Waals surface area contributed by atoms with Gasteiger partial charge in [-0.3, -0.25) is 0 Å². The van der Waals surface area contributed by atoms with E-state index in [1.165, 1.54) is 19.1 Å². The SMILES string of the molecule is CC(O)C(O)CCc1cc(O)c(-c2c(O)c(O)c(O)c(O)c2O)c(O)c1. The smallest absolute Gasteiger partial charge is 0.208 e. The predicted molar refractivity (Wildman–Crippen MR) is 89.5 cm³/mol. The summed E-state index contributed by atoms with van der Waals surface area (Å²) < 4.78 is 0. The van der Waals surface area contributed by atoms with Gasteiger partial charge in [0.2, 0.25) is 17.2 Å². The van der Waals surface area contributed by atoms with Gasteiger partial charge in [-0.1, -0.05) is 0 Å². The van der Waals surface area contributed by atoms with Crippen molar-refractivity contribution in [3.05, 3.63) is 17.7 Å². The molecule has 2 atom stereocenters. The molecular formula is C17H20O9. The molecule has 0 aromatic heterocycles. The van der Waals surface area contributed by atoms with Crippen molar-refractivity contribution in [1.29, 1.82) is 0 Å². The van der Waals surface area contributed by atoms with Gasteiger partial charge in [-0.15, -0.1) is 0 Å². The molecule has 9 nitrogen and oxygen atoms in total. The van der Waals surface area contributed by atoms with E-state index in [0.29, 0.717) is 5.56 Å². The van der Waals surface area contributed by atoms with Gasteiger partial charge in [-0.25, -0.2) is 0 Å². The third kappa shape index (κ3) is 3.35. The molecule has 2 aromatic carbocycles. The number of aromatic hydroxyl groups is 7. The molecule has 0 aliphatic carbocycles. The van der Waals surface area contributed by atoms with E-state index in [1.54, 1.807) is 0 Å². The molecule has 26 heavy (non-hydrogen) atoms. The van der Waals surface area contributed by atoms with Crippen LogP contribution in [0.25, 0.3) is 11.1 Å². The molecule has 2 rings (SSSR count). The summed E-state index contributed by atoms with van der Waals surface area (Å²) in [5, 5.41) is 87.7. The number of phenols is 7. The van der Waals surface area contributed by atoms with Crippen LogP contribution >= 0.6 is 0 Å². The number of aliphatic hydroxyl groups is 2. The largest absolute Gasteiger partial charge is 0.507 e. The highest BCUT2D eigenvalue weighted by Gasteiger charge is 2.28. The lowest BCUT2D eigenvalue weighted by atomic mass is 9.96. The van der Waals surface area contributed by atoms with Crippen LogP contribution in [-0.2, 0) is 6.42 Å². The second-order valence-electron chi connectivity index (χ2n) is 5.97. The van der Waals surface area contributed by atoms with Gasteiger partial charge in [0.25, 0.3) is 0 Å². The Morgan fingerprint density at radius 1 is 0.692 bits per heavy atom. The number of hydrogen-bond acceptors (Lipinski definition) is 9. The molecule has 0 saturated carbocycles. The van der Waals surface area contributed by atoms with Crippen LogP contribution in [0.15, 0.2) is 12.1 Å². The average Bonchev–Trinajstić information content (AvgIpc) is 2.58. The summed E-state index contributed by atoms with van der Waals surface area (Å²) in [5.74, 6) is -6.74. The van der Waals surface area contributed by atoms with Gasteiger partial charge in [0.1, 0.15) is 11.5 Å². The topological polar surface area (TPSA) is 182 Å². The summed E-state index contributed by atoms with van der Waals surface area (Å²) in [5.41, 5.74) is -0.775. The lowest BCUT2D eigenvalue weighted by molar-refractivity contribution is 0.0265. The first-order valence-electron chi connectivity index (χ1n) is 7.66. The lowest BCUT2D eigenvalue weighted by Crippen LogP contribution is -2.22. The standard InChI is InChI=1S/C17H20O9/c1-6(18)8(19)3-2-7-4-9(20)11(10(21)5-7)12-13(22)15(24)17(26)16(25)14(12)23/h4-6,8,18-26H,2-3H2,1H3. The van der Waals surface area contributed by atoms with E-state index in [1.807, 2.05) is 0 Å². The van der Waals surface area contributed by atoms with Crippen LogP contribution < -0.4 is 0 Å². The maximum atomic E-state index is 10.2. The van der Waals surface area contributed by atoms with Crippen LogP contribution in [0.5, 0.6) is 40.2 Å². The molecule has 0 heterocycles. The first-order valence-corrected chi connectivity index (χ1v) is 7.66. The monoisotopic (exact) mass is 368 g/mol. The van der Waals surface area contributed by atoms with Gasteiger partial charge in [-0.2, -0.15) is 0 Å². The van der Waals surface area contributed by atoms with E-state index < -0.39 is 63.6 Å². The van der Waals surface area contributed by atoms with Gasteiger partial charge >= 0.3 is 0 Å². The minimum absolute atomic E-state index is 0.146. The normalized spacial score (nSPS) is 13.5. The number of benzene rings is 2. The summed E-state index contributed by atoms with van der Waals surface area (Å²) in [7, 11) is 0. The lowest BCUT2D eigenvalue weighted by Gasteiger charge is -2.16. The molecule has 0 aliphatic rings. The molecule has 0 spiro atoms. The molecule has 0 fully saturated rings. The summed E-state index contributed by atoms with van der Waals surface area (Å²) in [6.45, 7) is 1.41. The van der Waals surface area contributed by atoms with Crippen molar-refractivity contribution in [1.82, 2.24) is 0 Å². The summed E-state index contributed by atoms with van der Waals surface area (Å²) in [6, 6.07) is 2.37. The van der Waals surface area contributed by atoms with Gasteiger partial charge in [-0.05, 0) is 37.5 Å². The van der Waals surface area contributed by atoms with E-state index in [2.05, 4.69) is 0 Å². The molecule has 0 aliphatic heterocycles. The Bertz CT molecular complexity index is 777. The molecule has 0 radical (unpaired) electrons. The zero-order valence-corrected chi connectivity index (χ0v) is 13.7. The summed E-state index contributed by atoms with van der Waals surface area (Å²) in [6.07, 6.45) is -1.61. The maximum Gasteiger partial charge on any atom is 0.208 e. The summed E-state index contributed by atoms with van der Waals surface area (Å²) in [4.78, 5) is 0. The number of aliphatic hydroxyl groups excluding tert-OH is 2. The van der Waals surface area contributed by atoms with Crippen molar-refractivity contribution in [3.8, 4) is 51.4 Å². The van der Waals surface area contributed by atoms with Crippen molar-refractivity contribution >= 4 is 0 Å². The Hall–Kier alpha value is -3.04. The Balaban J connectivity index is 2.51. The third-order valence-electron chi connectivity index (χ3n) is 4.06. The van der Waals surface area contributed by atoms with Crippen molar-refractivity contribution in [3.63, 3.8) is 0 Å². The van der Waals surface area contributed by atoms with Crippen LogP contribution in [0, 0.1) is 0 Å². The zero-order chi connectivity index (χ0) is 19.8. The predicted octanol–water partition coefficient (Wildman–Crippen LogP) is 0.967. The molecule has 0 amide bonds. The van der Waals surface area contributed by atoms with Gasteiger partial charge in [0, 0.05) is 0 Å². The second kappa shape index (κ2) is 7.06. The van der Waals surface area contributed by atoms with E-state index in [-0.39, 0.29) is 12.8 Å². The molecule has 9 N–H and O–H groups in total. The Kier molecular flexibility index (Phi) is 5.24. The fourth-order valence-corrected chi connectivity index (χ4v) is 2.55. The highest BCUT2D eigenvalue weighted by molar-refractivity contribution is 5.90. The quantitative estimate of drug-likeness (QED) is 0.274. The first kappa shape index (κ1) is 19.3. The zero-order valence-electron chi connectivity index (χ0n) is 13.7. The van der Waals surface area contributed by atoms with Crippen LogP contribution in [0.2, 0.25) is 0 Å². The molecule has 0 saturated heterocycles. The minimum atomic E-state index is -1.16. The molecule has 2 aromatic rings. The van der Waals surface area contributed by atoms with E-state index >= 15 is 0 Å². The van der Waals surface area contributed by atoms with Crippen LogP contribution in [-0.4, -0.2) is 58.2 Å². The van der Waals surface area contributed by atoms with Gasteiger partial charge in [0.15, 0.2) is 11.5 Å². The fraction of sp³-hybridized carbons (Fsp3) is 0.294. The Labute approximate surface area is 147 Å². The highest BCUT2D eigenvalue weighted by atomic mass is 16.4. The van der Waals surface area contributed by atoms with Crippen molar-refractivity contribution in [2.75, 3.05) is 0 Å². The van der Waals surface area contributed by atoms with E-state index in [9.17, 15) is 46.0 Å². The molecule has 9 heteroatoms. The van der Waals surface area contributed by atoms with Crippen molar-refractivity contribution < 1.29 is 46.0 Å². The summed E-state index contributed by atoms with van der Waals surface area (Å²) >= 11 is 0. The number of phenolic OH excluding ortho intramolecular Hbond substituents is 7. The van der Waals surface area contributed by atoms with Crippen LogP contribution in [0.1, 0.15) is 18.9 Å². The second-order valence-corrected chi connectivity index (χ2v) is 5.97. The van der Waals surface area contributed by atoms with Gasteiger partial charge < -0.3 is 46.0 Å². The van der Waals surface area contributed by atoms with E-state index in [0.717, 1.165) is 0 Å². The van der Waals surface area contributed by atoms with Crippen LogP contribution in [0.4, 0.5) is 0 Å².